The molecule has 0 aromatic carbocycles. The van der Waals surface area contributed by atoms with E-state index in [1.165, 1.54) is 13.2 Å². The van der Waals surface area contributed by atoms with E-state index in [0.29, 0.717) is 5.56 Å². The monoisotopic (exact) mass is 196 g/mol. The first-order chi connectivity index (χ1) is 6.56. The number of esters is 1. The summed E-state index contributed by atoms with van der Waals surface area (Å²) in [5, 5.41) is 10.4. The zero-order valence-electron chi connectivity index (χ0n) is 7.68. The third kappa shape index (κ3) is 1.85. The SMILES string of the molecule is COC(=O)c1ncc([N+](=O)[O-])cc1C. The average Bonchev–Trinajstić information content (AvgIpc) is 2.16. The number of hydrogen-bond donors (Lipinski definition) is 0. The Morgan fingerprint density at radius 2 is 2.29 bits per heavy atom. The predicted molar refractivity (Wildman–Crippen MR) is 47.0 cm³/mol. The van der Waals surface area contributed by atoms with Gasteiger partial charge in [-0.1, -0.05) is 0 Å². The molecule has 0 unspecified atom stereocenters. The van der Waals surface area contributed by atoms with Crippen LogP contribution in [0.4, 0.5) is 5.69 Å². The molecule has 6 heteroatoms. The van der Waals surface area contributed by atoms with Gasteiger partial charge < -0.3 is 4.74 Å². The van der Waals surface area contributed by atoms with E-state index in [-0.39, 0.29) is 11.4 Å². The van der Waals surface area contributed by atoms with Crippen LogP contribution in [0.5, 0.6) is 0 Å². The molecular formula is C8H8N2O4. The van der Waals surface area contributed by atoms with Crippen LogP contribution in [-0.4, -0.2) is 23.0 Å². The summed E-state index contributed by atoms with van der Waals surface area (Å²) in [6.07, 6.45) is 1.03. The summed E-state index contributed by atoms with van der Waals surface area (Å²) >= 11 is 0. The fourth-order valence-electron chi connectivity index (χ4n) is 0.970. The van der Waals surface area contributed by atoms with Crippen molar-refractivity contribution < 1.29 is 14.5 Å². The number of nitrogens with zero attached hydrogens (tertiary/aromatic N) is 2. The molecule has 1 aromatic rings. The van der Waals surface area contributed by atoms with Crippen molar-refractivity contribution in [3.05, 3.63) is 33.6 Å². The lowest BCUT2D eigenvalue weighted by Crippen LogP contribution is -2.07. The van der Waals surface area contributed by atoms with Crippen LogP contribution in [0.2, 0.25) is 0 Å². The number of methoxy groups -OCH3 is 1. The molecule has 0 fully saturated rings. The summed E-state index contributed by atoms with van der Waals surface area (Å²) in [5.41, 5.74) is 0.374. The van der Waals surface area contributed by atoms with Gasteiger partial charge in [0.05, 0.1) is 12.0 Å². The number of rotatable bonds is 2. The summed E-state index contributed by atoms with van der Waals surface area (Å²) < 4.78 is 4.45. The normalized spacial score (nSPS) is 9.57. The van der Waals surface area contributed by atoms with Crippen molar-refractivity contribution in [2.75, 3.05) is 7.11 Å². The highest BCUT2D eigenvalue weighted by molar-refractivity contribution is 5.88. The van der Waals surface area contributed by atoms with Crippen LogP contribution in [0.15, 0.2) is 12.3 Å². The molecule has 0 atom stereocenters. The lowest BCUT2D eigenvalue weighted by molar-refractivity contribution is -0.385. The first-order valence-electron chi connectivity index (χ1n) is 3.75. The Labute approximate surface area is 79.7 Å². The van der Waals surface area contributed by atoms with E-state index in [0.717, 1.165) is 6.20 Å². The van der Waals surface area contributed by atoms with Crippen molar-refractivity contribution in [2.24, 2.45) is 0 Å². The van der Waals surface area contributed by atoms with Gasteiger partial charge in [-0.15, -0.1) is 0 Å². The van der Waals surface area contributed by atoms with Gasteiger partial charge in [0.25, 0.3) is 5.69 Å². The Morgan fingerprint density at radius 1 is 1.64 bits per heavy atom. The number of hydrogen-bond acceptors (Lipinski definition) is 5. The average molecular weight is 196 g/mol. The molecule has 0 amide bonds. The maximum absolute atomic E-state index is 11.1. The van der Waals surface area contributed by atoms with Crippen molar-refractivity contribution in [1.29, 1.82) is 0 Å². The molecule has 1 aromatic heterocycles. The minimum Gasteiger partial charge on any atom is -0.464 e. The zero-order chi connectivity index (χ0) is 10.7. The Bertz CT molecular complexity index is 389. The van der Waals surface area contributed by atoms with Crippen LogP contribution in [0.1, 0.15) is 16.1 Å². The number of ether oxygens (including phenoxy) is 1. The summed E-state index contributed by atoms with van der Waals surface area (Å²) in [6, 6.07) is 1.28. The van der Waals surface area contributed by atoms with Crippen molar-refractivity contribution in [1.82, 2.24) is 4.98 Å². The molecule has 0 aliphatic rings. The quantitative estimate of drug-likeness (QED) is 0.401. The van der Waals surface area contributed by atoms with Crippen LogP contribution in [0.3, 0.4) is 0 Å². The predicted octanol–water partition coefficient (Wildman–Crippen LogP) is 1.08. The molecule has 14 heavy (non-hydrogen) atoms. The van der Waals surface area contributed by atoms with Crippen molar-refractivity contribution >= 4 is 11.7 Å². The van der Waals surface area contributed by atoms with Gasteiger partial charge in [-0.3, -0.25) is 10.1 Å². The van der Waals surface area contributed by atoms with Gasteiger partial charge in [-0.2, -0.15) is 0 Å². The summed E-state index contributed by atoms with van der Waals surface area (Å²) in [4.78, 5) is 24.5. The van der Waals surface area contributed by atoms with Gasteiger partial charge in [0.2, 0.25) is 0 Å². The molecule has 0 radical (unpaired) electrons. The highest BCUT2D eigenvalue weighted by Gasteiger charge is 2.14. The summed E-state index contributed by atoms with van der Waals surface area (Å²) in [7, 11) is 1.23. The van der Waals surface area contributed by atoms with E-state index in [1.807, 2.05) is 0 Å². The van der Waals surface area contributed by atoms with Crippen LogP contribution in [-0.2, 0) is 4.74 Å². The molecule has 74 valence electrons. The van der Waals surface area contributed by atoms with Gasteiger partial charge in [-0.05, 0) is 12.5 Å². The highest BCUT2D eigenvalue weighted by Crippen LogP contribution is 2.14. The van der Waals surface area contributed by atoms with Crippen molar-refractivity contribution in [3.63, 3.8) is 0 Å². The summed E-state index contributed by atoms with van der Waals surface area (Å²) in [6.45, 7) is 1.56. The van der Waals surface area contributed by atoms with Gasteiger partial charge in [-0.25, -0.2) is 9.78 Å². The Kier molecular flexibility index (Phi) is 2.76. The lowest BCUT2D eigenvalue weighted by atomic mass is 10.2. The first-order valence-corrected chi connectivity index (χ1v) is 3.75. The van der Waals surface area contributed by atoms with Gasteiger partial charge >= 0.3 is 5.97 Å². The van der Waals surface area contributed by atoms with Crippen molar-refractivity contribution in [3.8, 4) is 0 Å². The van der Waals surface area contributed by atoms with E-state index in [9.17, 15) is 14.9 Å². The number of carbonyl (C=O) groups excluding carboxylic acids is 1. The second kappa shape index (κ2) is 3.82. The largest absolute Gasteiger partial charge is 0.464 e. The zero-order valence-corrected chi connectivity index (χ0v) is 7.68. The number of nitro groups is 1. The number of pyridine rings is 1. The smallest absolute Gasteiger partial charge is 0.356 e. The van der Waals surface area contributed by atoms with E-state index < -0.39 is 10.9 Å². The minimum absolute atomic E-state index is 0.0955. The molecule has 0 bridgehead atoms. The molecule has 1 heterocycles. The van der Waals surface area contributed by atoms with Crippen LogP contribution < -0.4 is 0 Å². The molecule has 0 saturated carbocycles. The molecule has 6 nitrogen and oxygen atoms in total. The highest BCUT2D eigenvalue weighted by atomic mass is 16.6. The second-order valence-corrected chi connectivity index (χ2v) is 2.61. The molecule has 0 N–H and O–H groups in total. The Hall–Kier alpha value is -1.98. The van der Waals surface area contributed by atoms with E-state index in [2.05, 4.69) is 9.72 Å². The Morgan fingerprint density at radius 3 is 2.71 bits per heavy atom. The minimum atomic E-state index is -0.600. The van der Waals surface area contributed by atoms with Crippen molar-refractivity contribution in [2.45, 2.75) is 6.92 Å². The third-order valence-corrected chi connectivity index (χ3v) is 1.65. The second-order valence-electron chi connectivity index (χ2n) is 2.61. The number of aromatic nitrogens is 1. The van der Waals surface area contributed by atoms with Crippen LogP contribution >= 0.6 is 0 Å². The molecular weight excluding hydrogens is 188 g/mol. The van der Waals surface area contributed by atoms with Gasteiger partial charge in [0, 0.05) is 6.07 Å². The standard InChI is InChI=1S/C8H8N2O4/c1-5-3-6(10(12)13)4-9-7(5)8(11)14-2/h3-4H,1-2H3. The first kappa shape index (κ1) is 10.1. The summed E-state index contributed by atoms with van der Waals surface area (Å²) in [5.74, 6) is -0.600. The number of aryl methyl sites for hydroxylation is 1. The van der Waals surface area contributed by atoms with E-state index >= 15 is 0 Å². The molecule has 0 saturated heterocycles. The molecule has 1 rings (SSSR count). The molecule has 0 spiro atoms. The maximum atomic E-state index is 11.1. The van der Waals surface area contributed by atoms with Crippen LogP contribution in [0, 0.1) is 17.0 Å². The topological polar surface area (TPSA) is 82.3 Å². The fraction of sp³-hybridized carbons (Fsp3) is 0.250. The van der Waals surface area contributed by atoms with Gasteiger partial charge in [0.1, 0.15) is 6.20 Å². The number of carbonyl (C=O) groups is 1. The lowest BCUT2D eigenvalue weighted by Gasteiger charge is -2.01. The third-order valence-electron chi connectivity index (χ3n) is 1.65. The Balaban J connectivity index is 3.14. The van der Waals surface area contributed by atoms with Gasteiger partial charge in [0.15, 0.2) is 5.69 Å². The van der Waals surface area contributed by atoms with E-state index in [4.69, 9.17) is 0 Å². The van der Waals surface area contributed by atoms with E-state index in [1.54, 1.807) is 6.92 Å². The fourth-order valence-corrected chi connectivity index (χ4v) is 0.970. The van der Waals surface area contributed by atoms with Crippen LogP contribution in [0.25, 0.3) is 0 Å². The molecule has 0 aliphatic heterocycles. The molecule has 0 aliphatic carbocycles. The maximum Gasteiger partial charge on any atom is 0.356 e.